The number of aryl methyl sites for hydroxylation is 3. The van der Waals surface area contributed by atoms with Crippen LogP contribution in [0.4, 0.5) is 0 Å². The first kappa shape index (κ1) is 16.6. The molecular formula is C21H28N2O2. The fraction of sp³-hybridized carbons (Fsp3) is 0.571. The quantitative estimate of drug-likeness (QED) is 0.843. The number of amides is 1. The molecule has 0 unspecified atom stereocenters. The second-order valence-corrected chi connectivity index (χ2v) is 7.91. The zero-order valence-corrected chi connectivity index (χ0v) is 15.6. The summed E-state index contributed by atoms with van der Waals surface area (Å²) in [6.07, 6.45) is 5.40. The van der Waals surface area contributed by atoms with E-state index in [1.165, 1.54) is 16.5 Å². The molecule has 2 aromatic rings. The van der Waals surface area contributed by atoms with Gasteiger partial charge in [0.2, 0.25) is 0 Å². The SMILES string of the molecule is Cc1cc(C)c2[nH]c(C(=O)N3CCC[C@]4(CCCO4)CC3)c(C)c2c1. The van der Waals surface area contributed by atoms with Gasteiger partial charge in [0.25, 0.3) is 5.91 Å². The number of aromatic amines is 1. The van der Waals surface area contributed by atoms with E-state index in [4.69, 9.17) is 4.74 Å². The molecule has 1 atom stereocenters. The van der Waals surface area contributed by atoms with Crippen molar-refractivity contribution in [3.05, 3.63) is 34.5 Å². The summed E-state index contributed by atoms with van der Waals surface area (Å²) in [5.41, 5.74) is 5.40. The van der Waals surface area contributed by atoms with Crippen LogP contribution in [0.5, 0.6) is 0 Å². The van der Waals surface area contributed by atoms with Gasteiger partial charge in [-0.2, -0.15) is 0 Å². The molecule has 0 bridgehead atoms. The summed E-state index contributed by atoms with van der Waals surface area (Å²) in [6, 6.07) is 4.34. The molecule has 134 valence electrons. The molecule has 1 N–H and O–H groups in total. The van der Waals surface area contributed by atoms with Gasteiger partial charge in [-0.05, 0) is 70.1 Å². The smallest absolute Gasteiger partial charge is 0.270 e. The highest BCUT2D eigenvalue weighted by molar-refractivity contribution is 6.01. The fourth-order valence-corrected chi connectivity index (χ4v) is 4.67. The van der Waals surface area contributed by atoms with Crippen LogP contribution in [0.3, 0.4) is 0 Å². The summed E-state index contributed by atoms with van der Waals surface area (Å²) in [6.45, 7) is 8.78. The van der Waals surface area contributed by atoms with Gasteiger partial charge < -0.3 is 14.6 Å². The van der Waals surface area contributed by atoms with Crippen LogP contribution in [-0.2, 0) is 4.74 Å². The summed E-state index contributed by atoms with van der Waals surface area (Å²) in [5.74, 6) is 0.140. The van der Waals surface area contributed by atoms with Crippen LogP contribution < -0.4 is 0 Å². The number of benzene rings is 1. The molecule has 2 saturated heterocycles. The number of rotatable bonds is 1. The number of carbonyl (C=O) groups is 1. The van der Waals surface area contributed by atoms with Gasteiger partial charge in [0.15, 0.2) is 0 Å². The lowest BCUT2D eigenvalue weighted by Gasteiger charge is -2.26. The van der Waals surface area contributed by atoms with Gasteiger partial charge in [0, 0.05) is 30.6 Å². The van der Waals surface area contributed by atoms with Crippen LogP contribution in [0.25, 0.3) is 10.9 Å². The number of likely N-dealkylation sites (tertiary alicyclic amines) is 1. The Morgan fingerprint density at radius 1 is 1.12 bits per heavy atom. The van der Waals surface area contributed by atoms with Crippen LogP contribution in [0, 0.1) is 20.8 Å². The van der Waals surface area contributed by atoms with Gasteiger partial charge in [0.05, 0.1) is 5.60 Å². The second kappa shape index (κ2) is 6.17. The fourth-order valence-electron chi connectivity index (χ4n) is 4.67. The van der Waals surface area contributed by atoms with Crippen molar-refractivity contribution in [2.45, 2.75) is 58.5 Å². The van der Waals surface area contributed by atoms with Crippen molar-refractivity contribution >= 4 is 16.8 Å². The van der Waals surface area contributed by atoms with E-state index in [1.807, 2.05) is 4.90 Å². The zero-order chi connectivity index (χ0) is 17.6. The Hall–Kier alpha value is -1.81. The first-order valence-corrected chi connectivity index (χ1v) is 9.52. The molecule has 4 nitrogen and oxygen atoms in total. The summed E-state index contributed by atoms with van der Waals surface area (Å²) in [7, 11) is 0. The third-order valence-electron chi connectivity index (χ3n) is 6.09. The minimum absolute atomic E-state index is 0.0399. The lowest BCUT2D eigenvalue weighted by atomic mass is 9.92. The molecule has 2 aliphatic rings. The molecule has 3 heterocycles. The Morgan fingerprint density at radius 2 is 1.92 bits per heavy atom. The summed E-state index contributed by atoms with van der Waals surface area (Å²) < 4.78 is 6.05. The topological polar surface area (TPSA) is 45.3 Å². The molecule has 1 amide bonds. The molecule has 2 aliphatic heterocycles. The molecular weight excluding hydrogens is 312 g/mol. The Bertz CT molecular complexity index is 815. The van der Waals surface area contributed by atoms with Crippen molar-refractivity contribution in [2.75, 3.05) is 19.7 Å². The Labute approximate surface area is 149 Å². The van der Waals surface area contributed by atoms with Crippen LogP contribution in [-0.4, -0.2) is 41.1 Å². The normalized spacial score (nSPS) is 24.2. The average Bonchev–Trinajstić information content (AvgIpc) is 3.09. The first-order chi connectivity index (χ1) is 12.0. The van der Waals surface area contributed by atoms with Crippen LogP contribution in [0.1, 0.15) is 59.3 Å². The van der Waals surface area contributed by atoms with E-state index in [-0.39, 0.29) is 11.5 Å². The molecule has 0 aliphatic carbocycles. The highest BCUT2D eigenvalue weighted by Crippen LogP contribution is 2.36. The van der Waals surface area contributed by atoms with Crippen molar-refractivity contribution in [3.8, 4) is 0 Å². The Morgan fingerprint density at radius 3 is 2.68 bits per heavy atom. The second-order valence-electron chi connectivity index (χ2n) is 7.91. The maximum atomic E-state index is 13.2. The van der Waals surface area contributed by atoms with E-state index in [1.54, 1.807) is 0 Å². The number of H-pyrrole nitrogens is 1. The van der Waals surface area contributed by atoms with Crippen molar-refractivity contribution in [1.82, 2.24) is 9.88 Å². The third-order valence-corrected chi connectivity index (χ3v) is 6.09. The minimum atomic E-state index is 0.0399. The molecule has 0 saturated carbocycles. The average molecular weight is 340 g/mol. The minimum Gasteiger partial charge on any atom is -0.375 e. The van der Waals surface area contributed by atoms with Crippen LogP contribution in [0.2, 0.25) is 0 Å². The van der Waals surface area contributed by atoms with E-state index in [0.717, 1.165) is 68.6 Å². The highest BCUT2D eigenvalue weighted by atomic mass is 16.5. The predicted octanol–water partition coefficient (Wildman–Crippen LogP) is 4.27. The number of carbonyl (C=O) groups excluding carboxylic acids is 1. The monoisotopic (exact) mass is 340 g/mol. The molecule has 1 aromatic heterocycles. The molecule has 1 aromatic carbocycles. The van der Waals surface area contributed by atoms with Gasteiger partial charge in [-0.25, -0.2) is 0 Å². The number of ether oxygens (including phenoxy) is 1. The number of hydrogen-bond acceptors (Lipinski definition) is 2. The Balaban J connectivity index is 1.61. The molecule has 25 heavy (non-hydrogen) atoms. The number of aromatic nitrogens is 1. The summed E-state index contributed by atoms with van der Waals surface area (Å²) >= 11 is 0. The first-order valence-electron chi connectivity index (χ1n) is 9.52. The zero-order valence-electron chi connectivity index (χ0n) is 15.6. The van der Waals surface area contributed by atoms with E-state index < -0.39 is 0 Å². The van der Waals surface area contributed by atoms with Gasteiger partial charge in [-0.1, -0.05) is 11.6 Å². The molecule has 4 heteroatoms. The number of fused-ring (bicyclic) bond motifs is 1. The Kier molecular flexibility index (Phi) is 4.11. The van der Waals surface area contributed by atoms with E-state index in [0.29, 0.717) is 0 Å². The number of nitrogens with one attached hydrogen (secondary N) is 1. The number of hydrogen-bond donors (Lipinski definition) is 1. The molecule has 4 rings (SSSR count). The predicted molar refractivity (Wildman–Crippen MR) is 100 cm³/mol. The lowest BCUT2D eigenvalue weighted by Crippen LogP contribution is -2.34. The maximum Gasteiger partial charge on any atom is 0.270 e. The van der Waals surface area contributed by atoms with E-state index in [9.17, 15) is 4.79 Å². The third kappa shape index (κ3) is 2.86. The maximum absolute atomic E-state index is 13.2. The molecule has 2 fully saturated rings. The summed E-state index contributed by atoms with van der Waals surface area (Å²) in [4.78, 5) is 18.6. The van der Waals surface area contributed by atoms with Gasteiger partial charge in [-0.15, -0.1) is 0 Å². The van der Waals surface area contributed by atoms with E-state index >= 15 is 0 Å². The van der Waals surface area contributed by atoms with Crippen LogP contribution in [0.15, 0.2) is 12.1 Å². The van der Waals surface area contributed by atoms with Crippen molar-refractivity contribution in [3.63, 3.8) is 0 Å². The van der Waals surface area contributed by atoms with Crippen molar-refractivity contribution in [1.29, 1.82) is 0 Å². The largest absolute Gasteiger partial charge is 0.375 e. The van der Waals surface area contributed by atoms with Gasteiger partial charge in [0.1, 0.15) is 5.69 Å². The number of nitrogens with zero attached hydrogens (tertiary/aromatic N) is 1. The van der Waals surface area contributed by atoms with Crippen molar-refractivity contribution < 1.29 is 9.53 Å². The van der Waals surface area contributed by atoms with Crippen molar-refractivity contribution in [2.24, 2.45) is 0 Å². The standard InChI is InChI=1S/C21H28N2O2/c1-14-12-15(2)18-17(13-14)16(3)19(22-18)20(24)23-9-4-6-21(8-10-23)7-5-11-25-21/h12-13,22H,4-11H2,1-3H3/t21-/m0/s1. The highest BCUT2D eigenvalue weighted by Gasteiger charge is 2.37. The molecule has 0 radical (unpaired) electrons. The van der Waals surface area contributed by atoms with Gasteiger partial charge in [-0.3, -0.25) is 4.79 Å². The van der Waals surface area contributed by atoms with Crippen LogP contribution >= 0.6 is 0 Å². The summed E-state index contributed by atoms with van der Waals surface area (Å²) in [5, 5.41) is 1.17. The van der Waals surface area contributed by atoms with Gasteiger partial charge >= 0.3 is 0 Å². The lowest BCUT2D eigenvalue weighted by molar-refractivity contribution is -0.00692. The van der Waals surface area contributed by atoms with E-state index in [2.05, 4.69) is 37.9 Å². The molecule has 1 spiro atoms.